The first kappa shape index (κ1) is 17.5. The molecule has 23 heavy (non-hydrogen) atoms. The van der Waals surface area contributed by atoms with E-state index in [-0.39, 0.29) is 18.3 Å². The van der Waals surface area contributed by atoms with Crippen LogP contribution in [-0.4, -0.2) is 37.0 Å². The predicted molar refractivity (Wildman–Crippen MR) is 90.0 cm³/mol. The summed E-state index contributed by atoms with van der Waals surface area (Å²) in [5.41, 5.74) is 2.24. The molecule has 1 aliphatic rings. The predicted octanol–water partition coefficient (Wildman–Crippen LogP) is 2.98. The molecule has 4 nitrogen and oxygen atoms in total. The highest BCUT2D eigenvalue weighted by atomic mass is 16.5. The molecule has 1 aliphatic heterocycles. The van der Waals surface area contributed by atoms with Gasteiger partial charge in [0.1, 0.15) is 0 Å². The molecule has 1 atom stereocenters. The fraction of sp³-hybridized carbons (Fsp3) is 0.579. The van der Waals surface area contributed by atoms with Gasteiger partial charge in [-0.15, -0.1) is 0 Å². The number of benzene rings is 1. The molecule has 0 radical (unpaired) electrons. The second-order valence-corrected chi connectivity index (χ2v) is 6.62. The van der Waals surface area contributed by atoms with Crippen molar-refractivity contribution in [3.8, 4) is 0 Å². The fourth-order valence-electron chi connectivity index (χ4n) is 3.11. The Hall–Kier alpha value is -1.84. The average Bonchev–Trinajstić information content (AvgIpc) is 2.56. The third-order valence-corrected chi connectivity index (χ3v) is 4.82. The molecule has 1 fully saturated rings. The van der Waals surface area contributed by atoms with Gasteiger partial charge in [0.2, 0.25) is 5.91 Å². The minimum absolute atomic E-state index is 0.0703. The van der Waals surface area contributed by atoms with Crippen LogP contribution >= 0.6 is 0 Å². The smallest absolute Gasteiger partial charge is 0.309 e. The molecular formula is C19H27NO3. The number of esters is 1. The summed E-state index contributed by atoms with van der Waals surface area (Å²) < 4.78 is 4.92. The molecule has 1 aromatic rings. The van der Waals surface area contributed by atoms with Gasteiger partial charge in [-0.3, -0.25) is 9.59 Å². The maximum atomic E-state index is 12.5. The van der Waals surface area contributed by atoms with E-state index in [0.29, 0.717) is 12.3 Å². The molecule has 0 aromatic heterocycles. The van der Waals surface area contributed by atoms with Gasteiger partial charge in [0.05, 0.1) is 13.0 Å². The summed E-state index contributed by atoms with van der Waals surface area (Å²) in [5.74, 6) is 0.0447. The first-order valence-corrected chi connectivity index (χ1v) is 8.41. The van der Waals surface area contributed by atoms with Gasteiger partial charge in [-0.2, -0.15) is 0 Å². The Morgan fingerprint density at radius 3 is 2.52 bits per heavy atom. The van der Waals surface area contributed by atoms with Gasteiger partial charge in [-0.05, 0) is 43.2 Å². The fourth-order valence-corrected chi connectivity index (χ4v) is 3.11. The Kier molecular flexibility index (Phi) is 6.20. The Morgan fingerprint density at radius 1 is 1.26 bits per heavy atom. The van der Waals surface area contributed by atoms with Crippen molar-refractivity contribution in [2.75, 3.05) is 20.2 Å². The highest BCUT2D eigenvalue weighted by molar-refractivity contribution is 5.83. The highest BCUT2D eigenvalue weighted by Crippen LogP contribution is 2.21. The van der Waals surface area contributed by atoms with E-state index in [4.69, 9.17) is 4.74 Å². The van der Waals surface area contributed by atoms with Crippen molar-refractivity contribution in [2.45, 2.75) is 39.5 Å². The summed E-state index contributed by atoms with van der Waals surface area (Å²) in [5, 5.41) is 0. The zero-order valence-electron chi connectivity index (χ0n) is 14.4. The van der Waals surface area contributed by atoms with Crippen LogP contribution in [0.4, 0.5) is 0 Å². The molecule has 2 rings (SSSR count). The number of hydrogen-bond acceptors (Lipinski definition) is 3. The monoisotopic (exact) mass is 317 g/mol. The number of hydrogen-bond donors (Lipinski definition) is 0. The lowest BCUT2D eigenvalue weighted by Gasteiger charge is -2.31. The van der Waals surface area contributed by atoms with E-state index in [1.54, 1.807) is 0 Å². The second kappa shape index (κ2) is 8.14. The number of carbonyl (C=O) groups excluding carboxylic acids is 2. The van der Waals surface area contributed by atoms with E-state index in [2.05, 4.69) is 6.92 Å². The van der Waals surface area contributed by atoms with Crippen molar-refractivity contribution in [2.24, 2.45) is 11.8 Å². The molecule has 1 saturated heterocycles. The van der Waals surface area contributed by atoms with Crippen molar-refractivity contribution in [1.82, 2.24) is 4.90 Å². The van der Waals surface area contributed by atoms with Crippen LogP contribution in [0.5, 0.6) is 0 Å². The van der Waals surface area contributed by atoms with Crippen LogP contribution in [0.1, 0.15) is 37.3 Å². The zero-order chi connectivity index (χ0) is 16.8. The van der Waals surface area contributed by atoms with Crippen LogP contribution in [0.25, 0.3) is 0 Å². The minimum Gasteiger partial charge on any atom is -0.469 e. The average molecular weight is 317 g/mol. The van der Waals surface area contributed by atoms with Gasteiger partial charge < -0.3 is 9.64 Å². The van der Waals surface area contributed by atoms with Crippen molar-refractivity contribution in [3.63, 3.8) is 0 Å². The molecule has 4 heteroatoms. The van der Waals surface area contributed by atoms with Gasteiger partial charge >= 0.3 is 5.97 Å². The van der Waals surface area contributed by atoms with Crippen LogP contribution < -0.4 is 0 Å². The molecule has 1 unspecified atom stereocenters. The van der Waals surface area contributed by atoms with Crippen LogP contribution in [0, 0.1) is 18.8 Å². The molecule has 0 N–H and O–H groups in total. The van der Waals surface area contributed by atoms with E-state index in [1.807, 2.05) is 36.1 Å². The lowest BCUT2D eigenvalue weighted by atomic mass is 9.92. The number of aryl methyl sites for hydroxylation is 1. The van der Waals surface area contributed by atoms with Crippen LogP contribution in [0.15, 0.2) is 24.3 Å². The largest absolute Gasteiger partial charge is 0.469 e. The lowest BCUT2D eigenvalue weighted by molar-refractivity contribution is -0.149. The molecule has 0 bridgehead atoms. The molecule has 1 heterocycles. The van der Waals surface area contributed by atoms with Gasteiger partial charge in [-0.1, -0.05) is 31.2 Å². The first-order chi connectivity index (χ1) is 11.0. The number of amides is 1. The lowest BCUT2D eigenvalue weighted by Crippen LogP contribution is -2.39. The van der Waals surface area contributed by atoms with Crippen LogP contribution in [0.2, 0.25) is 0 Å². The number of nitrogens with zero attached hydrogens (tertiary/aromatic N) is 1. The Morgan fingerprint density at radius 2 is 1.91 bits per heavy atom. The SMILES string of the molecule is COC(=O)C(CC(=O)N1CCC(C)CC1)Cc1ccccc1C. The normalized spacial score (nSPS) is 16.9. The van der Waals surface area contributed by atoms with Crippen molar-refractivity contribution < 1.29 is 14.3 Å². The van der Waals surface area contributed by atoms with Gasteiger partial charge in [-0.25, -0.2) is 0 Å². The maximum absolute atomic E-state index is 12.5. The summed E-state index contributed by atoms with van der Waals surface area (Å²) in [7, 11) is 1.39. The zero-order valence-corrected chi connectivity index (χ0v) is 14.4. The number of carbonyl (C=O) groups is 2. The van der Waals surface area contributed by atoms with E-state index < -0.39 is 5.92 Å². The standard InChI is InChI=1S/C19H27NO3/c1-14-8-10-20(11-9-14)18(21)13-17(19(22)23-3)12-16-7-5-4-6-15(16)2/h4-7,14,17H,8-13H2,1-3H3. The Balaban J connectivity index is 2.02. The summed E-state index contributed by atoms with van der Waals surface area (Å²) in [6, 6.07) is 7.98. The molecular weight excluding hydrogens is 290 g/mol. The van der Waals surface area contributed by atoms with E-state index >= 15 is 0 Å². The molecule has 1 aromatic carbocycles. The number of likely N-dealkylation sites (tertiary alicyclic amines) is 1. The number of methoxy groups -OCH3 is 1. The third-order valence-electron chi connectivity index (χ3n) is 4.82. The summed E-state index contributed by atoms with van der Waals surface area (Å²) in [4.78, 5) is 26.5. The van der Waals surface area contributed by atoms with Crippen molar-refractivity contribution in [1.29, 1.82) is 0 Å². The summed E-state index contributed by atoms with van der Waals surface area (Å²) in [6.07, 6.45) is 2.88. The van der Waals surface area contributed by atoms with Gasteiger partial charge in [0, 0.05) is 19.5 Å². The topological polar surface area (TPSA) is 46.6 Å². The van der Waals surface area contributed by atoms with E-state index in [0.717, 1.165) is 37.1 Å². The van der Waals surface area contributed by atoms with Crippen molar-refractivity contribution in [3.05, 3.63) is 35.4 Å². The third kappa shape index (κ3) is 4.81. The van der Waals surface area contributed by atoms with Crippen LogP contribution in [0.3, 0.4) is 0 Å². The van der Waals surface area contributed by atoms with Gasteiger partial charge in [0.25, 0.3) is 0 Å². The van der Waals surface area contributed by atoms with Gasteiger partial charge in [0.15, 0.2) is 0 Å². The van der Waals surface area contributed by atoms with Crippen molar-refractivity contribution >= 4 is 11.9 Å². The molecule has 0 saturated carbocycles. The number of piperidine rings is 1. The molecule has 1 amide bonds. The Labute approximate surface area is 138 Å². The first-order valence-electron chi connectivity index (χ1n) is 8.41. The Bertz CT molecular complexity index is 547. The number of rotatable bonds is 5. The highest BCUT2D eigenvalue weighted by Gasteiger charge is 2.27. The van der Waals surface area contributed by atoms with E-state index in [1.165, 1.54) is 7.11 Å². The maximum Gasteiger partial charge on any atom is 0.309 e. The summed E-state index contributed by atoms with van der Waals surface area (Å²) >= 11 is 0. The molecule has 0 aliphatic carbocycles. The molecule has 0 spiro atoms. The number of ether oxygens (including phenoxy) is 1. The molecule has 126 valence electrons. The second-order valence-electron chi connectivity index (χ2n) is 6.62. The van der Waals surface area contributed by atoms with E-state index in [9.17, 15) is 9.59 Å². The van der Waals surface area contributed by atoms with Crippen LogP contribution in [-0.2, 0) is 20.7 Å². The summed E-state index contributed by atoms with van der Waals surface area (Å²) in [6.45, 7) is 5.85. The quantitative estimate of drug-likeness (QED) is 0.784. The minimum atomic E-state index is -0.409.